The Kier molecular flexibility index (Phi) is 10.3. The van der Waals surface area contributed by atoms with Gasteiger partial charge in [-0.2, -0.15) is 0 Å². The highest BCUT2D eigenvalue weighted by Gasteiger charge is 2.27. The van der Waals surface area contributed by atoms with Gasteiger partial charge in [-0.1, -0.05) is 43.3 Å². The van der Waals surface area contributed by atoms with E-state index in [-0.39, 0.29) is 24.8 Å². The fraction of sp³-hybridized carbons (Fsp3) is 0.481. The van der Waals surface area contributed by atoms with Gasteiger partial charge in [0, 0.05) is 26.1 Å². The molecule has 0 bridgehead atoms. The SMILES string of the molecule is CCCNC(=O)[C@H](C)N(Cc1ccccc1C)C(=O)CCCN(c1cccc(C)c1C)S(C)(=O)=O. The predicted molar refractivity (Wildman–Crippen MR) is 142 cm³/mol. The number of rotatable bonds is 12. The first-order valence-corrected chi connectivity index (χ1v) is 14.0. The molecule has 0 radical (unpaired) electrons. The van der Waals surface area contributed by atoms with Crippen LogP contribution in [-0.2, 0) is 26.2 Å². The molecule has 192 valence electrons. The number of nitrogens with zero attached hydrogens (tertiary/aromatic N) is 2. The molecule has 0 spiro atoms. The summed E-state index contributed by atoms with van der Waals surface area (Å²) in [5.74, 6) is -0.372. The molecule has 0 saturated carbocycles. The molecule has 0 fully saturated rings. The van der Waals surface area contributed by atoms with E-state index >= 15 is 0 Å². The lowest BCUT2D eigenvalue weighted by Gasteiger charge is -2.30. The Morgan fingerprint density at radius 1 is 1.00 bits per heavy atom. The van der Waals surface area contributed by atoms with E-state index in [1.165, 1.54) is 10.6 Å². The first-order chi connectivity index (χ1) is 16.5. The van der Waals surface area contributed by atoms with Crippen molar-refractivity contribution in [3.8, 4) is 0 Å². The van der Waals surface area contributed by atoms with E-state index in [9.17, 15) is 18.0 Å². The molecule has 0 heterocycles. The van der Waals surface area contributed by atoms with E-state index in [1.807, 2.05) is 64.1 Å². The molecule has 0 aliphatic heterocycles. The molecule has 2 aromatic carbocycles. The number of aryl methyl sites for hydroxylation is 2. The Labute approximate surface area is 210 Å². The molecule has 2 amide bonds. The van der Waals surface area contributed by atoms with Gasteiger partial charge in [0.2, 0.25) is 21.8 Å². The maximum atomic E-state index is 13.3. The quantitative estimate of drug-likeness (QED) is 0.474. The van der Waals surface area contributed by atoms with E-state index in [0.717, 1.165) is 28.7 Å². The van der Waals surface area contributed by atoms with Crippen LogP contribution in [0, 0.1) is 20.8 Å². The summed E-state index contributed by atoms with van der Waals surface area (Å²) in [5, 5.41) is 2.87. The second kappa shape index (κ2) is 12.7. The van der Waals surface area contributed by atoms with E-state index in [4.69, 9.17) is 0 Å². The smallest absolute Gasteiger partial charge is 0.242 e. The normalized spacial score (nSPS) is 12.2. The zero-order chi connectivity index (χ0) is 26.2. The molecule has 1 N–H and O–H groups in total. The molecule has 2 aromatic rings. The molecular formula is C27H39N3O4S. The molecular weight excluding hydrogens is 462 g/mol. The third kappa shape index (κ3) is 7.82. The Morgan fingerprint density at radius 2 is 1.66 bits per heavy atom. The molecule has 2 rings (SSSR count). The van der Waals surface area contributed by atoms with Gasteiger partial charge in [0.15, 0.2) is 0 Å². The van der Waals surface area contributed by atoms with Crippen molar-refractivity contribution in [2.75, 3.05) is 23.7 Å². The summed E-state index contributed by atoms with van der Waals surface area (Å²) in [6.45, 7) is 10.6. The molecule has 0 aliphatic rings. The molecule has 1 atom stereocenters. The number of anilines is 1. The van der Waals surface area contributed by atoms with Crippen molar-refractivity contribution in [1.29, 1.82) is 0 Å². The van der Waals surface area contributed by atoms with Crippen molar-refractivity contribution < 1.29 is 18.0 Å². The van der Waals surface area contributed by atoms with E-state index < -0.39 is 16.1 Å². The van der Waals surface area contributed by atoms with Gasteiger partial charge in [-0.25, -0.2) is 8.42 Å². The average Bonchev–Trinajstić information content (AvgIpc) is 2.80. The summed E-state index contributed by atoms with van der Waals surface area (Å²) in [6, 6.07) is 12.7. The zero-order valence-corrected chi connectivity index (χ0v) is 22.6. The third-order valence-electron chi connectivity index (χ3n) is 6.32. The van der Waals surface area contributed by atoms with Crippen molar-refractivity contribution in [2.24, 2.45) is 0 Å². The third-order valence-corrected chi connectivity index (χ3v) is 7.50. The Hall–Kier alpha value is -2.87. The number of hydrogen-bond donors (Lipinski definition) is 1. The van der Waals surface area contributed by atoms with Gasteiger partial charge in [0.1, 0.15) is 6.04 Å². The topological polar surface area (TPSA) is 86.8 Å². The van der Waals surface area contributed by atoms with Crippen LogP contribution in [0.5, 0.6) is 0 Å². The van der Waals surface area contributed by atoms with Gasteiger partial charge < -0.3 is 10.2 Å². The van der Waals surface area contributed by atoms with Crippen LogP contribution in [-0.4, -0.2) is 50.5 Å². The Morgan fingerprint density at radius 3 is 2.29 bits per heavy atom. The highest BCUT2D eigenvalue weighted by molar-refractivity contribution is 7.92. The fourth-order valence-corrected chi connectivity index (χ4v) is 4.95. The number of nitrogens with one attached hydrogen (secondary N) is 1. The average molecular weight is 502 g/mol. The van der Waals surface area contributed by atoms with Gasteiger partial charge >= 0.3 is 0 Å². The number of amides is 2. The number of carbonyl (C=O) groups excluding carboxylic acids is 2. The first-order valence-electron chi connectivity index (χ1n) is 12.1. The van der Waals surface area contributed by atoms with Crippen molar-refractivity contribution in [2.45, 2.75) is 66.5 Å². The second-order valence-electron chi connectivity index (χ2n) is 9.07. The minimum absolute atomic E-state index is 0.133. The lowest BCUT2D eigenvalue weighted by Crippen LogP contribution is -2.48. The van der Waals surface area contributed by atoms with Crippen LogP contribution in [0.1, 0.15) is 55.4 Å². The Bertz CT molecular complexity index is 1130. The van der Waals surface area contributed by atoms with Crippen LogP contribution in [0.4, 0.5) is 5.69 Å². The number of benzene rings is 2. The van der Waals surface area contributed by atoms with E-state index in [1.54, 1.807) is 17.9 Å². The fourth-order valence-electron chi connectivity index (χ4n) is 3.94. The summed E-state index contributed by atoms with van der Waals surface area (Å²) < 4.78 is 26.5. The van der Waals surface area contributed by atoms with Crippen molar-refractivity contribution in [3.63, 3.8) is 0 Å². The lowest BCUT2D eigenvalue weighted by molar-refractivity contribution is -0.140. The maximum absolute atomic E-state index is 13.3. The van der Waals surface area contributed by atoms with Crippen molar-refractivity contribution in [3.05, 3.63) is 64.7 Å². The lowest BCUT2D eigenvalue weighted by atomic mass is 10.1. The van der Waals surface area contributed by atoms with E-state index in [0.29, 0.717) is 25.2 Å². The highest BCUT2D eigenvalue weighted by atomic mass is 32.2. The van der Waals surface area contributed by atoms with Crippen LogP contribution in [0.2, 0.25) is 0 Å². The maximum Gasteiger partial charge on any atom is 0.242 e. The standard InChI is InChI=1S/C27H39N3O4S/c1-7-17-28-27(32)23(5)29(19-24-14-9-8-12-21(24)3)26(31)16-11-18-30(35(6,33)34)25-15-10-13-20(2)22(25)4/h8-10,12-15,23H,7,11,16-19H2,1-6H3,(H,28,32)/t23-/m0/s1. The minimum Gasteiger partial charge on any atom is -0.354 e. The van der Waals surface area contributed by atoms with Gasteiger partial charge in [-0.05, 0) is 68.9 Å². The summed E-state index contributed by atoms with van der Waals surface area (Å²) >= 11 is 0. The van der Waals surface area contributed by atoms with Crippen LogP contribution in [0.15, 0.2) is 42.5 Å². The van der Waals surface area contributed by atoms with Gasteiger partial charge in [0.05, 0.1) is 11.9 Å². The number of sulfonamides is 1. The second-order valence-corrected chi connectivity index (χ2v) is 11.0. The van der Waals surface area contributed by atoms with E-state index in [2.05, 4.69) is 5.32 Å². The molecule has 0 saturated heterocycles. The summed E-state index contributed by atoms with van der Waals surface area (Å²) in [7, 11) is -3.53. The molecule has 0 unspecified atom stereocenters. The highest BCUT2D eigenvalue weighted by Crippen LogP contribution is 2.25. The zero-order valence-electron chi connectivity index (χ0n) is 21.8. The van der Waals surface area contributed by atoms with Gasteiger partial charge in [-0.15, -0.1) is 0 Å². The number of hydrogen-bond acceptors (Lipinski definition) is 4. The molecule has 0 aromatic heterocycles. The van der Waals surface area contributed by atoms with Crippen molar-refractivity contribution in [1.82, 2.24) is 10.2 Å². The van der Waals surface area contributed by atoms with Crippen LogP contribution >= 0.6 is 0 Å². The molecule has 35 heavy (non-hydrogen) atoms. The molecule has 8 heteroatoms. The Balaban J connectivity index is 2.20. The summed E-state index contributed by atoms with van der Waals surface area (Å²) in [5.41, 5.74) is 4.55. The van der Waals surface area contributed by atoms with Gasteiger partial charge in [-0.3, -0.25) is 13.9 Å². The van der Waals surface area contributed by atoms with Crippen LogP contribution in [0.25, 0.3) is 0 Å². The summed E-state index contributed by atoms with van der Waals surface area (Å²) in [6.07, 6.45) is 2.46. The summed E-state index contributed by atoms with van der Waals surface area (Å²) in [4.78, 5) is 27.6. The van der Waals surface area contributed by atoms with Crippen LogP contribution < -0.4 is 9.62 Å². The first kappa shape index (κ1) is 28.4. The largest absolute Gasteiger partial charge is 0.354 e. The number of carbonyl (C=O) groups is 2. The van der Waals surface area contributed by atoms with Crippen LogP contribution in [0.3, 0.4) is 0 Å². The monoisotopic (exact) mass is 501 g/mol. The predicted octanol–water partition coefficient (Wildman–Crippen LogP) is 4.10. The minimum atomic E-state index is -3.53. The molecule has 7 nitrogen and oxygen atoms in total. The van der Waals surface area contributed by atoms with Gasteiger partial charge in [0.25, 0.3) is 0 Å². The molecule has 0 aliphatic carbocycles. The van der Waals surface area contributed by atoms with Crippen molar-refractivity contribution >= 4 is 27.5 Å².